The van der Waals surface area contributed by atoms with Crippen LogP contribution in [0.3, 0.4) is 0 Å². The summed E-state index contributed by atoms with van der Waals surface area (Å²) in [5.74, 6) is -0.859. The number of phenolic OH excluding ortho intramolecular Hbond substituents is 1. The van der Waals surface area contributed by atoms with Crippen LogP contribution in [0, 0.1) is 0 Å². The van der Waals surface area contributed by atoms with Crippen molar-refractivity contribution >= 4 is 11.6 Å². The van der Waals surface area contributed by atoms with E-state index in [4.69, 9.17) is 9.47 Å². The largest absolute Gasteiger partial charge is 0.507 e. The first-order valence-electron chi connectivity index (χ1n) is 6.21. The van der Waals surface area contributed by atoms with E-state index in [-0.39, 0.29) is 33.8 Å². The average molecular weight is 288 g/mol. The van der Waals surface area contributed by atoms with Crippen LogP contribution in [0.25, 0.3) is 0 Å². The molecular formula is C15H12O6. The Hall–Kier alpha value is -2.60. The van der Waals surface area contributed by atoms with Crippen molar-refractivity contribution in [3.05, 3.63) is 46.2 Å². The van der Waals surface area contributed by atoms with Crippen LogP contribution in [0.5, 0.6) is 11.5 Å². The molecule has 0 amide bonds. The van der Waals surface area contributed by atoms with Gasteiger partial charge < -0.3 is 19.7 Å². The fourth-order valence-electron chi connectivity index (χ4n) is 2.52. The number of ether oxygens (including phenoxy) is 2. The lowest BCUT2D eigenvalue weighted by Crippen LogP contribution is -2.32. The van der Waals surface area contributed by atoms with Gasteiger partial charge in [-0.3, -0.25) is 9.59 Å². The van der Waals surface area contributed by atoms with Crippen molar-refractivity contribution in [1.82, 2.24) is 0 Å². The number of ketones is 2. The lowest BCUT2D eigenvalue weighted by Gasteiger charge is -2.27. The zero-order chi connectivity index (χ0) is 15.3. The van der Waals surface area contributed by atoms with Gasteiger partial charge in [0.25, 0.3) is 0 Å². The number of Topliss-reactive ketones (excluding diaryl/α,β-unsaturated/α-hetero) is 2. The summed E-state index contributed by atoms with van der Waals surface area (Å²) in [4.78, 5) is 25.0. The summed E-state index contributed by atoms with van der Waals surface area (Å²) in [5, 5.41) is 19.9. The Labute approximate surface area is 119 Å². The number of methoxy groups -OCH3 is 1. The predicted octanol–water partition coefficient (Wildman–Crippen LogP) is 1.33. The SMILES string of the molecule is COc1cc(O)c2c(c1)C(=O)C1=C(C2=O)[C@@H](O)OC(C)=C1. The van der Waals surface area contributed by atoms with E-state index in [1.165, 1.54) is 25.3 Å². The van der Waals surface area contributed by atoms with Crippen molar-refractivity contribution in [2.24, 2.45) is 0 Å². The Morgan fingerprint density at radius 3 is 2.62 bits per heavy atom. The second-order valence-electron chi connectivity index (χ2n) is 4.78. The molecule has 1 aromatic rings. The predicted molar refractivity (Wildman–Crippen MR) is 71.2 cm³/mol. The standard InChI is InChI=1S/C15H12O6/c1-6-3-8-12(15(19)21-6)14(18)11-9(13(8)17)4-7(20-2)5-10(11)16/h3-5,15-16,19H,1-2H3/t15-/m0/s1. The zero-order valence-corrected chi connectivity index (χ0v) is 11.3. The number of fused-ring (bicyclic) bond motifs is 1. The molecule has 108 valence electrons. The molecule has 3 rings (SSSR count). The number of aliphatic hydroxyl groups is 1. The molecule has 1 atom stereocenters. The lowest BCUT2D eigenvalue weighted by atomic mass is 9.82. The van der Waals surface area contributed by atoms with Crippen molar-refractivity contribution in [2.75, 3.05) is 7.11 Å². The second-order valence-corrected chi connectivity index (χ2v) is 4.78. The molecule has 0 aromatic heterocycles. The van der Waals surface area contributed by atoms with E-state index in [2.05, 4.69) is 0 Å². The van der Waals surface area contributed by atoms with Gasteiger partial charge in [-0.25, -0.2) is 0 Å². The van der Waals surface area contributed by atoms with E-state index in [0.717, 1.165) is 0 Å². The van der Waals surface area contributed by atoms with Gasteiger partial charge in [0.1, 0.15) is 11.5 Å². The highest BCUT2D eigenvalue weighted by Gasteiger charge is 2.39. The van der Waals surface area contributed by atoms with E-state index in [1.54, 1.807) is 6.92 Å². The number of carbonyl (C=O) groups is 2. The molecule has 0 radical (unpaired) electrons. The molecule has 1 aliphatic heterocycles. The van der Waals surface area contributed by atoms with Gasteiger partial charge in [-0.05, 0) is 19.1 Å². The maximum atomic E-state index is 12.5. The van der Waals surface area contributed by atoms with Crippen LogP contribution in [-0.4, -0.2) is 35.2 Å². The Morgan fingerprint density at radius 1 is 1.24 bits per heavy atom. The zero-order valence-electron chi connectivity index (χ0n) is 11.3. The molecule has 1 aliphatic carbocycles. The first kappa shape index (κ1) is 13.4. The Bertz CT molecular complexity index is 741. The molecule has 0 bridgehead atoms. The van der Waals surface area contributed by atoms with Crippen molar-refractivity contribution in [2.45, 2.75) is 13.2 Å². The topological polar surface area (TPSA) is 93.1 Å². The second kappa shape index (κ2) is 4.46. The average Bonchev–Trinajstić information content (AvgIpc) is 2.43. The number of hydrogen-bond acceptors (Lipinski definition) is 6. The molecule has 0 saturated carbocycles. The molecule has 1 aromatic carbocycles. The molecule has 6 nitrogen and oxygen atoms in total. The molecule has 2 N–H and O–H groups in total. The van der Waals surface area contributed by atoms with Gasteiger partial charge >= 0.3 is 0 Å². The molecule has 1 heterocycles. The van der Waals surface area contributed by atoms with E-state index in [9.17, 15) is 19.8 Å². The fraction of sp³-hybridized carbons (Fsp3) is 0.200. The summed E-state index contributed by atoms with van der Waals surface area (Å²) in [7, 11) is 1.39. The van der Waals surface area contributed by atoms with Crippen LogP contribution in [-0.2, 0) is 4.74 Å². The number of carbonyl (C=O) groups excluding carboxylic acids is 2. The smallest absolute Gasteiger partial charge is 0.228 e. The molecule has 21 heavy (non-hydrogen) atoms. The molecule has 0 spiro atoms. The number of aliphatic hydroxyl groups excluding tert-OH is 1. The van der Waals surface area contributed by atoms with Gasteiger partial charge in [0.2, 0.25) is 12.1 Å². The molecule has 0 unspecified atom stereocenters. The molecule has 2 aliphatic rings. The highest BCUT2D eigenvalue weighted by Crippen LogP contribution is 2.38. The Morgan fingerprint density at radius 2 is 1.95 bits per heavy atom. The van der Waals surface area contributed by atoms with Crippen LogP contribution >= 0.6 is 0 Å². The first-order valence-corrected chi connectivity index (χ1v) is 6.21. The van der Waals surface area contributed by atoms with Crippen molar-refractivity contribution in [1.29, 1.82) is 0 Å². The normalized spacial score (nSPS) is 20.5. The minimum Gasteiger partial charge on any atom is -0.507 e. The number of aromatic hydroxyl groups is 1. The molecular weight excluding hydrogens is 276 g/mol. The summed E-state index contributed by atoms with van der Waals surface area (Å²) in [6, 6.07) is 2.64. The maximum Gasteiger partial charge on any atom is 0.228 e. The van der Waals surface area contributed by atoms with Gasteiger partial charge in [-0.15, -0.1) is 0 Å². The summed E-state index contributed by atoms with van der Waals surface area (Å²) in [6.45, 7) is 1.57. The highest BCUT2D eigenvalue weighted by atomic mass is 16.6. The number of rotatable bonds is 1. The monoisotopic (exact) mass is 288 g/mol. The summed E-state index contributed by atoms with van der Waals surface area (Å²) < 4.78 is 10.0. The van der Waals surface area contributed by atoms with Crippen LogP contribution in [0.4, 0.5) is 0 Å². The van der Waals surface area contributed by atoms with Gasteiger partial charge in [0.05, 0.1) is 24.0 Å². The van der Waals surface area contributed by atoms with Crippen LogP contribution in [0.1, 0.15) is 27.6 Å². The third-order valence-corrected chi connectivity index (χ3v) is 3.47. The highest BCUT2D eigenvalue weighted by molar-refractivity contribution is 6.29. The third kappa shape index (κ3) is 1.84. The van der Waals surface area contributed by atoms with Crippen LogP contribution in [0.2, 0.25) is 0 Å². The van der Waals surface area contributed by atoms with Crippen molar-refractivity contribution in [3.63, 3.8) is 0 Å². The van der Waals surface area contributed by atoms with E-state index in [1.807, 2.05) is 0 Å². The van der Waals surface area contributed by atoms with Gasteiger partial charge in [-0.1, -0.05) is 0 Å². The molecule has 6 heteroatoms. The lowest BCUT2D eigenvalue weighted by molar-refractivity contribution is -0.0374. The van der Waals surface area contributed by atoms with Gasteiger partial charge in [0, 0.05) is 17.2 Å². The number of benzene rings is 1. The van der Waals surface area contributed by atoms with E-state index in [0.29, 0.717) is 5.76 Å². The number of allylic oxidation sites excluding steroid dienone is 3. The Kier molecular flexibility index (Phi) is 2.84. The van der Waals surface area contributed by atoms with Gasteiger partial charge in [0.15, 0.2) is 5.78 Å². The van der Waals surface area contributed by atoms with Gasteiger partial charge in [-0.2, -0.15) is 0 Å². The number of hydrogen-bond donors (Lipinski definition) is 2. The maximum absolute atomic E-state index is 12.5. The van der Waals surface area contributed by atoms with E-state index >= 15 is 0 Å². The van der Waals surface area contributed by atoms with Crippen molar-refractivity contribution < 1.29 is 29.3 Å². The van der Waals surface area contributed by atoms with Crippen molar-refractivity contribution in [3.8, 4) is 11.5 Å². The summed E-state index contributed by atoms with van der Waals surface area (Å²) in [5.41, 5.74) is -0.168. The molecule has 0 fully saturated rings. The summed E-state index contributed by atoms with van der Waals surface area (Å²) >= 11 is 0. The summed E-state index contributed by atoms with van der Waals surface area (Å²) in [6.07, 6.45) is -0.113. The quantitative estimate of drug-likeness (QED) is 0.809. The molecule has 0 saturated heterocycles. The fourth-order valence-corrected chi connectivity index (χ4v) is 2.52. The van der Waals surface area contributed by atoms with Crippen LogP contribution in [0.15, 0.2) is 35.1 Å². The number of phenols is 1. The third-order valence-electron chi connectivity index (χ3n) is 3.47. The first-order chi connectivity index (χ1) is 9.93. The van der Waals surface area contributed by atoms with Crippen LogP contribution < -0.4 is 4.74 Å². The minimum atomic E-state index is -1.52. The van der Waals surface area contributed by atoms with E-state index < -0.39 is 17.9 Å². The minimum absolute atomic E-state index is 0.0498. The Balaban J connectivity index is 2.28.